The minimum atomic E-state index is -10.1. The van der Waals surface area contributed by atoms with Gasteiger partial charge in [0, 0.05) is 0 Å². The fraction of sp³-hybridized carbons (Fsp3) is 0.917. The molecule has 4 unspecified atom stereocenters. The normalized spacial score (nSPS) is 19.1. The molecule has 0 amide bonds. The summed E-state index contributed by atoms with van der Waals surface area (Å²) in [5.74, 6) is -106. The Morgan fingerprint density at radius 3 is 0.538 bits per heavy atom. The van der Waals surface area contributed by atoms with Gasteiger partial charge in [0.1, 0.15) is 0 Å². The van der Waals surface area contributed by atoms with Gasteiger partial charge < -0.3 is 9.47 Å². The van der Waals surface area contributed by atoms with Crippen molar-refractivity contribution in [3.63, 3.8) is 0 Å². The molecule has 0 aliphatic rings. The predicted molar refractivity (Wildman–Crippen MR) is 128 cm³/mol. The van der Waals surface area contributed by atoms with Gasteiger partial charge in [0.05, 0.1) is 0 Å². The van der Waals surface area contributed by atoms with Crippen molar-refractivity contribution in [3.8, 4) is 0 Å². The van der Waals surface area contributed by atoms with Crippen LogP contribution in [-0.2, 0) is 38.0 Å². The molecule has 4 atom stereocenters. The van der Waals surface area contributed by atoms with Crippen molar-refractivity contribution in [2.45, 2.75) is 133 Å². The topological polar surface area (TPSA) is 89.5 Å². The van der Waals surface area contributed by atoms with E-state index in [0.717, 1.165) is 28.4 Å². The Kier molecular flexibility index (Phi) is 18.0. The molecule has 0 fully saturated rings. The van der Waals surface area contributed by atoms with Crippen LogP contribution in [0.5, 0.6) is 0 Å². The third-order valence-corrected chi connectivity index (χ3v) is 7.61. The Morgan fingerprint density at radius 2 is 0.385 bits per heavy atom. The molecule has 0 saturated carbocycles. The molecule has 466 valence electrons. The van der Waals surface area contributed by atoms with Crippen molar-refractivity contribution in [3.05, 3.63) is 0 Å². The van der Waals surface area contributed by atoms with E-state index in [4.69, 9.17) is 0 Å². The monoisotopic (exact) mass is 1290 g/mol. The predicted octanol–water partition coefficient (Wildman–Crippen LogP) is 13.5. The quantitative estimate of drug-likeness (QED) is 0.0829. The third-order valence-electron chi connectivity index (χ3n) is 7.61. The van der Waals surface area contributed by atoms with Crippen molar-refractivity contribution >= 4 is 11.9 Å². The molecule has 78 heavy (non-hydrogen) atoms. The largest absolute Gasteiger partial charge is 0.473 e. The zero-order valence-electron chi connectivity index (χ0n) is 32.7. The molecule has 0 aromatic carbocycles. The molecule has 0 N–H and O–H groups in total. The molecule has 0 radical (unpaired) electrons. The molecule has 0 rings (SSSR count). The maximum Gasteiger partial charge on any atom is 0.473 e. The minimum Gasteiger partial charge on any atom is -0.391 e. The van der Waals surface area contributed by atoms with E-state index in [1.807, 2.05) is 0 Å². The first-order chi connectivity index (χ1) is 32.8. The number of hydrogen-bond donors (Lipinski definition) is 0. The molecule has 0 aromatic heterocycles. The molecule has 0 bridgehead atoms. The Balaban J connectivity index is 7.74. The Bertz CT molecular complexity index is 2010. The summed E-state index contributed by atoms with van der Waals surface area (Å²) in [5.41, 5.74) is 0. The molecule has 54 heteroatoms. The maximum atomic E-state index is 14.5. The average Bonchev–Trinajstić information content (AvgIpc) is 3.13. The van der Waals surface area contributed by atoms with E-state index in [1.165, 1.54) is 0 Å². The lowest BCUT2D eigenvalue weighted by Gasteiger charge is -2.41. The van der Waals surface area contributed by atoms with Crippen LogP contribution in [0, 0.1) is 0 Å². The molecule has 8 nitrogen and oxygen atoms in total. The van der Waals surface area contributed by atoms with E-state index < -0.39 is 145 Å². The summed E-state index contributed by atoms with van der Waals surface area (Å²) in [6.45, 7) is 0. The van der Waals surface area contributed by atoms with Gasteiger partial charge in [0.2, 0.25) is 0 Å². The van der Waals surface area contributed by atoms with Crippen LogP contribution >= 0.6 is 0 Å². The van der Waals surface area contributed by atoms with E-state index in [9.17, 15) is 212 Å². The van der Waals surface area contributed by atoms with Crippen LogP contribution in [0.15, 0.2) is 0 Å². The SMILES string of the molecule is O=C(OC(F)(F)C(F)(F)C(F)(F)C(F)(F)C(F)(F)C(F)(F)OC(=O)C(F)(OC(F)(F)C(F)(OC(F)(F)C(F)(F)C(F)(F)F)C(F)(F)F)C(F)(F)F)C(F)(OC(F)(F)C(F)(OC(F)(F)C(F)(F)C(F)(F)F)C(F)(F)F)C(F)(F)F. The van der Waals surface area contributed by atoms with Gasteiger partial charge >= 0.3 is 145 Å². The van der Waals surface area contributed by atoms with E-state index >= 15 is 0 Å². The van der Waals surface area contributed by atoms with Crippen LogP contribution in [0.2, 0.25) is 0 Å². The van der Waals surface area contributed by atoms with Gasteiger partial charge in [0.25, 0.3) is 0 Å². The first kappa shape index (κ1) is 73.6. The molecular formula is C24F46O8. The summed E-state index contributed by atoms with van der Waals surface area (Å²) in [6, 6.07) is 0. The first-order valence-electron chi connectivity index (χ1n) is 15.8. The Hall–Kier alpha value is -4.44. The lowest BCUT2D eigenvalue weighted by molar-refractivity contribution is -0.549. The number of esters is 2. The van der Waals surface area contributed by atoms with Gasteiger partial charge in [-0.2, -0.15) is 202 Å². The number of ether oxygens (including phenoxy) is 6. The van der Waals surface area contributed by atoms with Crippen LogP contribution in [-0.4, -0.2) is 145 Å². The highest BCUT2D eigenvalue weighted by Gasteiger charge is 2.94. The average molecular weight is 1290 g/mol. The van der Waals surface area contributed by atoms with Gasteiger partial charge in [-0.05, 0) is 0 Å². The molecule has 0 heterocycles. The highest BCUT2D eigenvalue weighted by Crippen LogP contribution is 2.63. The highest BCUT2D eigenvalue weighted by atomic mass is 19.5. The second-order valence-electron chi connectivity index (χ2n) is 13.1. The summed E-state index contributed by atoms with van der Waals surface area (Å²) in [5, 5.41) is 0. The zero-order valence-corrected chi connectivity index (χ0v) is 32.7. The van der Waals surface area contributed by atoms with E-state index in [2.05, 4.69) is 0 Å². The third kappa shape index (κ3) is 11.4. The second-order valence-corrected chi connectivity index (χ2v) is 13.1. The standard InChI is InChI=1S/C24F46O8/c25-3(13(41,42)43,75-23(67,68)11(39,17(53,54)55)77-21(63,64)9(35,36)15(47,48)49)1(71)73-19(59,60)7(31,32)5(27,28)6(29,30)8(33,34)20(61,62)74-2(72)4(26,14(44,45)46)76-24(69,70)12(40,18(56,57)58)78-22(65,66)10(37,38)16(50,51)52. The highest BCUT2D eigenvalue weighted by molar-refractivity contribution is 5.80. The fourth-order valence-corrected chi connectivity index (χ4v) is 3.54. The number of rotatable bonds is 21. The Labute approximate surface area is 386 Å². The van der Waals surface area contributed by atoms with Crippen molar-refractivity contribution < 1.29 is 240 Å². The Morgan fingerprint density at radius 1 is 0.192 bits per heavy atom. The van der Waals surface area contributed by atoms with E-state index in [0.29, 0.717) is 0 Å². The van der Waals surface area contributed by atoms with Crippen LogP contribution in [0.3, 0.4) is 0 Å². The number of hydrogen-bond acceptors (Lipinski definition) is 8. The summed E-state index contributed by atoms with van der Waals surface area (Å²) < 4.78 is 624. The molecule has 0 aliphatic carbocycles. The summed E-state index contributed by atoms with van der Waals surface area (Å²) in [4.78, 5) is 22.8. The van der Waals surface area contributed by atoms with Crippen LogP contribution in [0.1, 0.15) is 0 Å². The van der Waals surface area contributed by atoms with Crippen molar-refractivity contribution in [1.29, 1.82) is 0 Å². The fourth-order valence-electron chi connectivity index (χ4n) is 3.54. The molecule has 0 spiro atoms. The van der Waals surface area contributed by atoms with Crippen molar-refractivity contribution in [2.24, 2.45) is 0 Å². The summed E-state index contributed by atoms with van der Waals surface area (Å²) in [7, 11) is 0. The number of alkyl halides is 46. The van der Waals surface area contributed by atoms with E-state index in [-0.39, 0.29) is 0 Å². The van der Waals surface area contributed by atoms with Crippen molar-refractivity contribution in [1.82, 2.24) is 0 Å². The number of carbonyl (C=O) groups is 2. The van der Waals surface area contributed by atoms with Crippen LogP contribution in [0.4, 0.5) is 202 Å². The van der Waals surface area contributed by atoms with Gasteiger partial charge in [0.15, 0.2) is 0 Å². The molecule has 0 aromatic rings. The smallest absolute Gasteiger partial charge is 0.391 e. The molecular weight excluding hydrogens is 1290 g/mol. The maximum absolute atomic E-state index is 14.5. The van der Waals surface area contributed by atoms with Crippen molar-refractivity contribution in [2.75, 3.05) is 0 Å². The molecule has 0 saturated heterocycles. The van der Waals surface area contributed by atoms with Gasteiger partial charge in [-0.3, -0.25) is 18.9 Å². The lowest BCUT2D eigenvalue weighted by atomic mass is 9.97. The van der Waals surface area contributed by atoms with Gasteiger partial charge in [-0.1, -0.05) is 0 Å². The van der Waals surface area contributed by atoms with Crippen LogP contribution in [0.25, 0.3) is 0 Å². The zero-order chi connectivity index (χ0) is 64.4. The van der Waals surface area contributed by atoms with Gasteiger partial charge in [-0.15, -0.1) is 0 Å². The summed E-state index contributed by atoms with van der Waals surface area (Å²) in [6.07, 6.45) is -107. The summed E-state index contributed by atoms with van der Waals surface area (Å²) >= 11 is 0. The first-order valence-corrected chi connectivity index (χ1v) is 15.8. The molecule has 0 aliphatic heterocycles. The van der Waals surface area contributed by atoms with E-state index in [1.54, 1.807) is 0 Å². The minimum absolute atomic E-state index is 0.795. The number of carbonyl (C=O) groups excluding carboxylic acids is 2. The van der Waals surface area contributed by atoms with Gasteiger partial charge in [-0.25, -0.2) is 9.59 Å². The lowest BCUT2D eigenvalue weighted by Crippen LogP contribution is -2.72. The number of halogens is 46. The second kappa shape index (κ2) is 19.1. The van der Waals surface area contributed by atoms with Crippen LogP contribution < -0.4 is 0 Å².